The number of rotatable bonds is 6. The van der Waals surface area contributed by atoms with Crippen molar-refractivity contribution in [2.75, 3.05) is 46.4 Å². The second kappa shape index (κ2) is 8.38. The van der Waals surface area contributed by atoms with Gasteiger partial charge in [0.1, 0.15) is 0 Å². The molecule has 1 heterocycles. The third kappa shape index (κ3) is 4.59. The van der Waals surface area contributed by atoms with Crippen LogP contribution in [0.25, 0.3) is 0 Å². The summed E-state index contributed by atoms with van der Waals surface area (Å²) in [6.07, 6.45) is 0.295. The summed E-state index contributed by atoms with van der Waals surface area (Å²) in [6.45, 7) is 2.46. The second-order valence-electron chi connectivity index (χ2n) is 5.22. The Morgan fingerprint density at radius 1 is 1.04 bits per heavy atom. The summed E-state index contributed by atoms with van der Waals surface area (Å²) >= 11 is 0. The van der Waals surface area contributed by atoms with E-state index in [9.17, 15) is 9.59 Å². The number of amides is 2. The number of piperazine rings is 1. The van der Waals surface area contributed by atoms with Crippen LogP contribution >= 0.6 is 0 Å². The van der Waals surface area contributed by atoms with Gasteiger partial charge in [-0.3, -0.25) is 9.59 Å². The van der Waals surface area contributed by atoms with Crippen LogP contribution in [0.4, 0.5) is 0 Å². The first-order valence-electron chi connectivity index (χ1n) is 7.67. The maximum atomic E-state index is 12.2. The lowest BCUT2D eigenvalue weighted by atomic mass is 10.2. The molecule has 7 nitrogen and oxygen atoms in total. The third-order valence-electron chi connectivity index (χ3n) is 3.80. The Morgan fingerprint density at radius 2 is 1.61 bits per heavy atom. The van der Waals surface area contributed by atoms with Gasteiger partial charge >= 0.3 is 0 Å². The zero-order chi connectivity index (χ0) is 16.7. The van der Waals surface area contributed by atoms with E-state index in [-0.39, 0.29) is 18.4 Å². The number of carbonyl (C=O) groups excluding carboxylic acids is 2. The van der Waals surface area contributed by atoms with Crippen LogP contribution in [0.2, 0.25) is 0 Å². The van der Waals surface area contributed by atoms with Crippen LogP contribution in [-0.2, 0) is 9.59 Å². The molecule has 0 aliphatic carbocycles. The predicted molar refractivity (Wildman–Crippen MR) is 85.3 cm³/mol. The molecule has 0 spiro atoms. The molecule has 1 saturated heterocycles. The Labute approximate surface area is 135 Å². The zero-order valence-electron chi connectivity index (χ0n) is 13.4. The summed E-state index contributed by atoms with van der Waals surface area (Å²) in [5, 5.41) is 0. The molecule has 0 unspecified atom stereocenters. The maximum absolute atomic E-state index is 12.2. The Bertz CT molecular complexity index is 542. The SMILES string of the molecule is COc1ccccc1OCCC(=O)N1CCN(C(=O)CN)CC1. The monoisotopic (exact) mass is 321 g/mol. The van der Waals surface area contributed by atoms with Gasteiger partial charge < -0.3 is 25.0 Å². The second-order valence-corrected chi connectivity index (χ2v) is 5.22. The Kier molecular flexibility index (Phi) is 6.22. The quantitative estimate of drug-likeness (QED) is 0.803. The van der Waals surface area contributed by atoms with Gasteiger partial charge in [0.25, 0.3) is 0 Å². The number of hydrogen-bond acceptors (Lipinski definition) is 5. The van der Waals surface area contributed by atoms with Crippen LogP contribution < -0.4 is 15.2 Å². The van der Waals surface area contributed by atoms with Crippen LogP contribution in [0.15, 0.2) is 24.3 Å². The lowest BCUT2D eigenvalue weighted by Gasteiger charge is -2.34. The van der Waals surface area contributed by atoms with Crippen molar-refractivity contribution >= 4 is 11.8 Å². The van der Waals surface area contributed by atoms with Crippen molar-refractivity contribution in [2.45, 2.75) is 6.42 Å². The minimum absolute atomic E-state index is 0.0146. The highest BCUT2D eigenvalue weighted by Gasteiger charge is 2.23. The molecule has 7 heteroatoms. The van der Waals surface area contributed by atoms with Crippen molar-refractivity contribution in [3.8, 4) is 11.5 Å². The maximum Gasteiger partial charge on any atom is 0.236 e. The lowest BCUT2D eigenvalue weighted by molar-refractivity contribution is -0.139. The van der Waals surface area contributed by atoms with Gasteiger partial charge in [0.2, 0.25) is 11.8 Å². The van der Waals surface area contributed by atoms with E-state index in [1.54, 1.807) is 23.0 Å². The Balaban J connectivity index is 1.74. The highest BCUT2D eigenvalue weighted by atomic mass is 16.5. The molecule has 1 aromatic rings. The normalized spacial score (nSPS) is 14.5. The number of carbonyl (C=O) groups is 2. The zero-order valence-corrected chi connectivity index (χ0v) is 13.4. The smallest absolute Gasteiger partial charge is 0.236 e. The molecule has 2 amide bonds. The van der Waals surface area contributed by atoms with Crippen LogP contribution in [0, 0.1) is 0 Å². The average molecular weight is 321 g/mol. The molecule has 1 fully saturated rings. The first-order chi connectivity index (χ1) is 11.2. The number of para-hydroxylation sites is 2. The van der Waals surface area contributed by atoms with E-state index in [4.69, 9.17) is 15.2 Å². The fraction of sp³-hybridized carbons (Fsp3) is 0.500. The Morgan fingerprint density at radius 3 is 2.17 bits per heavy atom. The fourth-order valence-corrected chi connectivity index (χ4v) is 2.48. The third-order valence-corrected chi connectivity index (χ3v) is 3.80. The van der Waals surface area contributed by atoms with Crippen molar-refractivity contribution in [3.63, 3.8) is 0 Å². The van der Waals surface area contributed by atoms with E-state index in [0.717, 1.165) is 0 Å². The van der Waals surface area contributed by atoms with Crippen molar-refractivity contribution in [1.82, 2.24) is 9.80 Å². The molecule has 1 aromatic carbocycles. The summed E-state index contributed by atoms with van der Waals surface area (Å²) in [5.74, 6) is 1.23. The molecule has 0 bridgehead atoms. The number of hydrogen-bond donors (Lipinski definition) is 1. The topological polar surface area (TPSA) is 85.1 Å². The van der Waals surface area contributed by atoms with E-state index in [0.29, 0.717) is 50.7 Å². The van der Waals surface area contributed by atoms with E-state index >= 15 is 0 Å². The molecule has 0 aromatic heterocycles. The highest BCUT2D eigenvalue weighted by molar-refractivity contribution is 5.79. The summed E-state index contributed by atoms with van der Waals surface area (Å²) in [6, 6.07) is 7.33. The molecule has 0 radical (unpaired) electrons. The molecular formula is C16H23N3O4. The van der Waals surface area contributed by atoms with Gasteiger partial charge in [-0.1, -0.05) is 12.1 Å². The molecule has 1 aliphatic rings. The minimum Gasteiger partial charge on any atom is -0.493 e. The number of nitrogens with two attached hydrogens (primary N) is 1. The van der Waals surface area contributed by atoms with Crippen molar-refractivity contribution in [2.24, 2.45) is 5.73 Å². The molecule has 23 heavy (non-hydrogen) atoms. The lowest BCUT2D eigenvalue weighted by Crippen LogP contribution is -2.52. The van der Waals surface area contributed by atoms with Gasteiger partial charge in [-0.05, 0) is 12.1 Å². The van der Waals surface area contributed by atoms with Gasteiger partial charge in [-0.15, -0.1) is 0 Å². The van der Waals surface area contributed by atoms with Gasteiger partial charge in [0, 0.05) is 26.2 Å². The van der Waals surface area contributed by atoms with Crippen LogP contribution in [0.3, 0.4) is 0 Å². The summed E-state index contributed by atoms with van der Waals surface area (Å²) < 4.78 is 10.8. The van der Waals surface area contributed by atoms with E-state index < -0.39 is 0 Å². The first kappa shape index (κ1) is 17.1. The van der Waals surface area contributed by atoms with Gasteiger partial charge in [-0.2, -0.15) is 0 Å². The largest absolute Gasteiger partial charge is 0.493 e. The molecule has 2 rings (SSSR count). The van der Waals surface area contributed by atoms with Gasteiger partial charge in [0.05, 0.1) is 26.7 Å². The van der Waals surface area contributed by atoms with E-state index in [1.165, 1.54) is 0 Å². The molecule has 126 valence electrons. The summed E-state index contributed by atoms with van der Waals surface area (Å²) in [4.78, 5) is 27.1. The van der Waals surface area contributed by atoms with E-state index in [2.05, 4.69) is 0 Å². The molecule has 0 saturated carbocycles. The number of methoxy groups -OCH3 is 1. The van der Waals surface area contributed by atoms with Crippen molar-refractivity contribution < 1.29 is 19.1 Å². The number of nitrogens with zero attached hydrogens (tertiary/aromatic N) is 2. The number of ether oxygens (including phenoxy) is 2. The van der Waals surface area contributed by atoms with Gasteiger partial charge in [0.15, 0.2) is 11.5 Å². The highest BCUT2D eigenvalue weighted by Crippen LogP contribution is 2.25. The molecule has 1 aliphatic heterocycles. The minimum atomic E-state index is -0.0726. The Hall–Kier alpha value is -2.28. The first-order valence-corrected chi connectivity index (χ1v) is 7.67. The molecule has 2 N–H and O–H groups in total. The summed E-state index contributed by atoms with van der Waals surface area (Å²) in [5.41, 5.74) is 5.34. The van der Waals surface area contributed by atoms with Crippen LogP contribution in [0.1, 0.15) is 6.42 Å². The van der Waals surface area contributed by atoms with E-state index in [1.807, 2.05) is 18.2 Å². The van der Waals surface area contributed by atoms with Crippen molar-refractivity contribution in [3.05, 3.63) is 24.3 Å². The molecule has 0 atom stereocenters. The standard InChI is InChI=1S/C16H23N3O4/c1-22-13-4-2-3-5-14(13)23-11-6-15(20)18-7-9-19(10-8-18)16(21)12-17/h2-5H,6-12,17H2,1H3. The molecular weight excluding hydrogens is 298 g/mol. The van der Waals surface area contributed by atoms with Gasteiger partial charge in [-0.25, -0.2) is 0 Å². The number of benzene rings is 1. The fourth-order valence-electron chi connectivity index (χ4n) is 2.48. The predicted octanol–water partition coefficient (Wildman–Crippen LogP) is 0.0936. The average Bonchev–Trinajstić information content (AvgIpc) is 2.61. The van der Waals surface area contributed by atoms with Crippen LogP contribution in [0.5, 0.6) is 11.5 Å². The van der Waals surface area contributed by atoms with Crippen LogP contribution in [-0.4, -0.2) is 68.1 Å². The van der Waals surface area contributed by atoms with Crippen molar-refractivity contribution in [1.29, 1.82) is 0 Å². The summed E-state index contributed by atoms with van der Waals surface area (Å²) in [7, 11) is 1.58.